The third-order valence-electron chi connectivity index (χ3n) is 5.18. The second kappa shape index (κ2) is 7.33. The molecule has 2 aliphatic rings. The molecule has 1 heteroatoms. The summed E-state index contributed by atoms with van der Waals surface area (Å²) in [6.45, 7) is 6.77. The summed E-state index contributed by atoms with van der Waals surface area (Å²) in [5.74, 6) is 0. The molecule has 1 aliphatic heterocycles. The van der Waals surface area contributed by atoms with E-state index in [4.69, 9.17) is 0 Å². The average Bonchev–Trinajstić information content (AvgIpc) is 2.37. The molecule has 1 aliphatic carbocycles. The van der Waals surface area contributed by atoms with E-state index in [1.807, 2.05) is 0 Å². The maximum atomic E-state index is 2.44. The second-order valence-corrected chi connectivity index (χ2v) is 6.44. The van der Waals surface area contributed by atoms with Crippen molar-refractivity contribution >= 4 is 0 Å². The van der Waals surface area contributed by atoms with Crippen LogP contribution in [0.2, 0.25) is 0 Å². The Morgan fingerprint density at radius 3 is 2.50 bits per heavy atom. The van der Waals surface area contributed by atoms with Gasteiger partial charge in [-0.3, -0.25) is 0 Å². The summed E-state index contributed by atoms with van der Waals surface area (Å²) in [7, 11) is 0. The Balaban J connectivity index is 2.03. The van der Waals surface area contributed by atoms with E-state index in [-0.39, 0.29) is 0 Å². The fourth-order valence-electron chi connectivity index (χ4n) is 4.07. The molecular formula is C17H32N+. The number of hydrogen-bond donors (Lipinski definition) is 0. The molecule has 1 heterocycles. The Kier molecular flexibility index (Phi) is 5.75. The predicted molar refractivity (Wildman–Crippen MR) is 79.6 cm³/mol. The van der Waals surface area contributed by atoms with Gasteiger partial charge in [-0.1, -0.05) is 25.5 Å². The first-order chi connectivity index (χ1) is 8.87. The molecule has 1 atom stereocenters. The van der Waals surface area contributed by atoms with Gasteiger partial charge in [0.15, 0.2) is 0 Å². The molecule has 0 saturated carbocycles. The maximum Gasteiger partial charge on any atom is 0.0893 e. The van der Waals surface area contributed by atoms with E-state index in [0.717, 1.165) is 6.04 Å². The molecule has 0 bridgehead atoms. The molecule has 0 aromatic heterocycles. The van der Waals surface area contributed by atoms with Gasteiger partial charge < -0.3 is 4.48 Å². The van der Waals surface area contributed by atoms with Crippen molar-refractivity contribution < 1.29 is 4.48 Å². The lowest BCUT2D eigenvalue weighted by atomic mass is 9.93. The quantitative estimate of drug-likeness (QED) is 0.502. The molecule has 0 amide bonds. The van der Waals surface area contributed by atoms with Gasteiger partial charge in [-0.25, -0.2) is 0 Å². The lowest BCUT2D eigenvalue weighted by Crippen LogP contribution is -2.58. The Morgan fingerprint density at radius 2 is 1.72 bits per heavy atom. The van der Waals surface area contributed by atoms with Gasteiger partial charge in [0.25, 0.3) is 0 Å². The standard InChI is InChI=1S/C17H32N/c1-2-3-14-18(15-10-7-11-16-18)17-12-8-5-4-6-9-13-17/h4-5,17H,2-3,6-16H2,1H3/q+1. The third kappa shape index (κ3) is 3.60. The van der Waals surface area contributed by atoms with E-state index >= 15 is 0 Å². The van der Waals surface area contributed by atoms with Gasteiger partial charge >= 0.3 is 0 Å². The molecule has 1 unspecified atom stereocenters. The minimum atomic E-state index is 0.974. The summed E-state index contributed by atoms with van der Waals surface area (Å²) >= 11 is 0. The first-order valence-electron chi connectivity index (χ1n) is 8.38. The molecule has 0 aromatic rings. The number of hydrogen-bond acceptors (Lipinski definition) is 0. The molecule has 1 nitrogen and oxygen atoms in total. The molecule has 0 N–H and O–H groups in total. The molecule has 0 aromatic carbocycles. The van der Waals surface area contributed by atoms with E-state index in [1.54, 1.807) is 0 Å². The number of allylic oxidation sites excluding steroid dienone is 2. The normalized spacial score (nSPS) is 28.6. The van der Waals surface area contributed by atoms with Crippen LogP contribution in [-0.4, -0.2) is 30.2 Å². The van der Waals surface area contributed by atoms with Gasteiger partial charge in [-0.2, -0.15) is 0 Å². The van der Waals surface area contributed by atoms with Crippen LogP contribution in [0, 0.1) is 0 Å². The third-order valence-corrected chi connectivity index (χ3v) is 5.18. The van der Waals surface area contributed by atoms with Gasteiger partial charge in [0.2, 0.25) is 0 Å². The van der Waals surface area contributed by atoms with Crippen molar-refractivity contribution in [3.8, 4) is 0 Å². The van der Waals surface area contributed by atoms with E-state index in [2.05, 4.69) is 19.1 Å². The number of unbranched alkanes of at least 4 members (excludes halogenated alkanes) is 1. The summed E-state index contributed by atoms with van der Waals surface area (Å²) in [5, 5.41) is 0. The van der Waals surface area contributed by atoms with Crippen molar-refractivity contribution in [2.45, 2.75) is 77.2 Å². The van der Waals surface area contributed by atoms with E-state index in [9.17, 15) is 0 Å². The highest BCUT2D eigenvalue weighted by molar-refractivity contribution is 4.85. The van der Waals surface area contributed by atoms with Gasteiger partial charge in [-0.05, 0) is 51.4 Å². The van der Waals surface area contributed by atoms with Crippen LogP contribution in [0.1, 0.15) is 71.1 Å². The van der Waals surface area contributed by atoms with Crippen LogP contribution in [0.5, 0.6) is 0 Å². The number of rotatable bonds is 4. The Labute approximate surface area is 114 Å². The number of piperidine rings is 1. The largest absolute Gasteiger partial charge is 0.321 e. The number of quaternary nitrogens is 1. The van der Waals surface area contributed by atoms with E-state index in [1.165, 1.54) is 88.3 Å². The van der Waals surface area contributed by atoms with Crippen molar-refractivity contribution in [1.82, 2.24) is 0 Å². The number of nitrogens with zero attached hydrogens (tertiary/aromatic N) is 1. The highest BCUT2D eigenvalue weighted by atomic mass is 15.4. The monoisotopic (exact) mass is 250 g/mol. The van der Waals surface area contributed by atoms with Crippen molar-refractivity contribution in [1.29, 1.82) is 0 Å². The summed E-state index contributed by atoms with van der Waals surface area (Å²) in [6, 6.07) is 0.974. The van der Waals surface area contributed by atoms with Crippen LogP contribution in [0.3, 0.4) is 0 Å². The fraction of sp³-hybridized carbons (Fsp3) is 0.882. The van der Waals surface area contributed by atoms with Gasteiger partial charge in [0.1, 0.15) is 0 Å². The molecule has 18 heavy (non-hydrogen) atoms. The van der Waals surface area contributed by atoms with Gasteiger partial charge in [0.05, 0.1) is 25.7 Å². The summed E-state index contributed by atoms with van der Waals surface area (Å²) < 4.78 is 1.49. The topological polar surface area (TPSA) is 0 Å². The summed E-state index contributed by atoms with van der Waals surface area (Å²) in [5.41, 5.74) is 0. The zero-order chi connectivity index (χ0) is 12.7. The Hall–Kier alpha value is -0.300. The predicted octanol–water partition coefficient (Wildman–Crippen LogP) is 4.68. The lowest BCUT2D eigenvalue weighted by molar-refractivity contribution is -0.956. The summed E-state index contributed by atoms with van der Waals surface area (Å²) in [4.78, 5) is 0. The van der Waals surface area contributed by atoms with E-state index < -0.39 is 0 Å². The molecular weight excluding hydrogens is 218 g/mol. The highest BCUT2D eigenvalue weighted by Crippen LogP contribution is 2.30. The lowest BCUT2D eigenvalue weighted by Gasteiger charge is -2.48. The zero-order valence-corrected chi connectivity index (χ0v) is 12.4. The molecule has 0 radical (unpaired) electrons. The smallest absolute Gasteiger partial charge is 0.0893 e. The number of likely N-dealkylation sites (tertiary alicyclic amines) is 1. The van der Waals surface area contributed by atoms with Crippen LogP contribution in [-0.2, 0) is 0 Å². The Morgan fingerprint density at radius 1 is 0.944 bits per heavy atom. The average molecular weight is 250 g/mol. The fourth-order valence-corrected chi connectivity index (χ4v) is 4.07. The second-order valence-electron chi connectivity index (χ2n) is 6.44. The van der Waals surface area contributed by atoms with Crippen LogP contribution in [0.15, 0.2) is 12.2 Å². The van der Waals surface area contributed by atoms with Crippen LogP contribution in [0.4, 0.5) is 0 Å². The molecule has 1 saturated heterocycles. The summed E-state index contributed by atoms with van der Waals surface area (Å²) in [6.07, 6.45) is 19.1. The van der Waals surface area contributed by atoms with Crippen molar-refractivity contribution in [2.24, 2.45) is 0 Å². The van der Waals surface area contributed by atoms with Crippen molar-refractivity contribution in [2.75, 3.05) is 19.6 Å². The van der Waals surface area contributed by atoms with Crippen LogP contribution >= 0.6 is 0 Å². The Bertz CT molecular complexity index is 250. The minimum Gasteiger partial charge on any atom is -0.321 e. The van der Waals surface area contributed by atoms with Crippen LogP contribution in [0.25, 0.3) is 0 Å². The molecule has 2 rings (SSSR count). The first-order valence-corrected chi connectivity index (χ1v) is 8.38. The molecule has 0 spiro atoms. The molecule has 104 valence electrons. The highest BCUT2D eigenvalue weighted by Gasteiger charge is 2.36. The van der Waals surface area contributed by atoms with Gasteiger partial charge in [-0.15, -0.1) is 0 Å². The van der Waals surface area contributed by atoms with Gasteiger partial charge in [0, 0.05) is 6.42 Å². The maximum absolute atomic E-state index is 2.44. The molecule has 1 fully saturated rings. The van der Waals surface area contributed by atoms with E-state index in [0.29, 0.717) is 0 Å². The minimum absolute atomic E-state index is 0.974. The zero-order valence-electron chi connectivity index (χ0n) is 12.4. The SMILES string of the molecule is CCCC[N+]1(C2CCC=CCCC2)CCCCC1. The first kappa shape index (κ1) is 14.1. The van der Waals surface area contributed by atoms with Crippen molar-refractivity contribution in [3.63, 3.8) is 0 Å². The van der Waals surface area contributed by atoms with Crippen molar-refractivity contribution in [3.05, 3.63) is 12.2 Å². The van der Waals surface area contributed by atoms with Crippen LogP contribution < -0.4 is 0 Å².